The molecule has 2 aromatic carbocycles. The van der Waals surface area contributed by atoms with Gasteiger partial charge in [0.15, 0.2) is 0 Å². The van der Waals surface area contributed by atoms with Crippen LogP contribution in [0.1, 0.15) is 50.2 Å². The van der Waals surface area contributed by atoms with Gasteiger partial charge in [-0.1, -0.05) is 30.7 Å². The molecule has 2 aromatic rings. The van der Waals surface area contributed by atoms with Crippen molar-refractivity contribution in [1.82, 2.24) is 9.80 Å². The lowest BCUT2D eigenvalue weighted by Crippen LogP contribution is -2.48. The second kappa shape index (κ2) is 10.3. The predicted octanol–water partition coefficient (Wildman–Crippen LogP) is 6.50. The van der Waals surface area contributed by atoms with Crippen molar-refractivity contribution in [3.8, 4) is 6.07 Å². The first-order chi connectivity index (χ1) is 16.9. The standard InChI is InChI=1S/C28H32ClIN4O/c1-19-6-8-33(18-19)9-10-34(27(35)32-25-14-23(29)13-24(30)15-25)26-5-7-28(16-22(28)12-26)21-4-2-3-20(11-21)17-31/h2-4,11,13-15,19,22,26H,5-10,12,16,18H2,1H3,(H,32,35)/t19-,22?,26?,28+/m1/s1. The van der Waals surface area contributed by atoms with E-state index in [4.69, 9.17) is 11.6 Å². The van der Waals surface area contributed by atoms with Gasteiger partial charge in [-0.15, -0.1) is 0 Å². The highest BCUT2D eigenvalue weighted by Crippen LogP contribution is 2.62. The van der Waals surface area contributed by atoms with Crippen LogP contribution in [0.2, 0.25) is 5.02 Å². The Bertz CT molecular complexity index is 1130. The summed E-state index contributed by atoms with van der Waals surface area (Å²) in [6.45, 7) is 6.20. The molecule has 35 heavy (non-hydrogen) atoms. The lowest BCUT2D eigenvalue weighted by atomic mass is 9.80. The van der Waals surface area contributed by atoms with Crippen LogP contribution in [0.4, 0.5) is 10.5 Å². The van der Waals surface area contributed by atoms with E-state index >= 15 is 0 Å². The fourth-order valence-electron chi connectivity index (χ4n) is 6.30. The highest BCUT2D eigenvalue weighted by molar-refractivity contribution is 14.1. The summed E-state index contributed by atoms with van der Waals surface area (Å²) in [7, 11) is 0. The van der Waals surface area contributed by atoms with Crippen LogP contribution in [0.3, 0.4) is 0 Å². The molecule has 5 nitrogen and oxygen atoms in total. The first kappa shape index (κ1) is 24.9. The molecule has 0 aromatic heterocycles. The summed E-state index contributed by atoms with van der Waals surface area (Å²) in [4.78, 5) is 18.2. The molecule has 2 saturated carbocycles. The van der Waals surface area contributed by atoms with E-state index in [2.05, 4.69) is 62.8 Å². The molecule has 2 amide bonds. The molecule has 184 valence electrons. The Labute approximate surface area is 226 Å². The lowest BCUT2D eigenvalue weighted by Gasteiger charge is -2.37. The summed E-state index contributed by atoms with van der Waals surface area (Å²) >= 11 is 8.47. The van der Waals surface area contributed by atoms with Gasteiger partial charge < -0.3 is 15.1 Å². The maximum absolute atomic E-state index is 13.6. The summed E-state index contributed by atoms with van der Waals surface area (Å²) in [5.74, 6) is 1.31. The Hall–Kier alpha value is -1.82. The SMILES string of the molecule is C[C@@H]1CCN(CCN(C(=O)Nc2cc(Cl)cc(I)c2)C2CC[C@@]3(c4cccc(C#N)c4)CC3C2)C1. The first-order valence-electron chi connectivity index (χ1n) is 12.6. The fourth-order valence-corrected chi connectivity index (χ4v) is 7.39. The molecular weight excluding hydrogens is 571 g/mol. The number of benzene rings is 2. The number of rotatable bonds is 6. The Morgan fingerprint density at radius 3 is 2.89 bits per heavy atom. The van der Waals surface area contributed by atoms with Gasteiger partial charge in [-0.25, -0.2) is 4.79 Å². The molecule has 2 aliphatic carbocycles. The van der Waals surface area contributed by atoms with Crippen molar-refractivity contribution >= 4 is 45.9 Å². The van der Waals surface area contributed by atoms with Crippen molar-refractivity contribution in [3.63, 3.8) is 0 Å². The van der Waals surface area contributed by atoms with Gasteiger partial charge in [0.2, 0.25) is 0 Å². The lowest BCUT2D eigenvalue weighted by molar-refractivity contribution is 0.149. The normalized spacial score (nSPS) is 27.7. The number of halogens is 2. The van der Waals surface area contributed by atoms with Crippen molar-refractivity contribution in [3.05, 3.63) is 62.2 Å². The van der Waals surface area contributed by atoms with Gasteiger partial charge in [-0.3, -0.25) is 0 Å². The van der Waals surface area contributed by atoms with Crippen molar-refractivity contribution in [2.75, 3.05) is 31.5 Å². The summed E-state index contributed by atoms with van der Waals surface area (Å²) < 4.78 is 1.00. The number of anilines is 1. The molecule has 0 radical (unpaired) electrons. The summed E-state index contributed by atoms with van der Waals surface area (Å²) in [6, 6.07) is 16.3. The highest BCUT2D eigenvalue weighted by Gasteiger charge is 2.58. The summed E-state index contributed by atoms with van der Waals surface area (Å²) in [5.41, 5.74) is 2.98. The molecule has 4 atom stereocenters. The third kappa shape index (κ3) is 5.47. The molecule has 1 N–H and O–H groups in total. The molecule has 0 spiro atoms. The van der Waals surface area contributed by atoms with Crippen molar-refractivity contribution in [2.24, 2.45) is 11.8 Å². The molecule has 2 unspecified atom stereocenters. The third-order valence-electron chi connectivity index (χ3n) is 8.26. The van der Waals surface area contributed by atoms with E-state index in [1.807, 2.05) is 30.3 Å². The van der Waals surface area contributed by atoms with E-state index in [0.717, 1.165) is 72.6 Å². The molecular formula is C28H32ClIN4O. The van der Waals surface area contributed by atoms with Gasteiger partial charge in [-0.05, 0) is 114 Å². The quantitative estimate of drug-likeness (QED) is 0.384. The van der Waals surface area contributed by atoms with Gasteiger partial charge >= 0.3 is 6.03 Å². The Kier molecular flexibility index (Phi) is 7.30. The zero-order valence-electron chi connectivity index (χ0n) is 20.1. The van der Waals surface area contributed by atoms with Gasteiger partial charge in [-0.2, -0.15) is 5.26 Å². The van der Waals surface area contributed by atoms with Crippen molar-refractivity contribution < 1.29 is 4.79 Å². The number of nitrogens with zero attached hydrogens (tertiary/aromatic N) is 3. The van der Waals surface area contributed by atoms with Crippen LogP contribution in [-0.4, -0.2) is 48.1 Å². The number of amides is 2. The average Bonchev–Trinajstić information content (AvgIpc) is 3.43. The van der Waals surface area contributed by atoms with Crippen LogP contribution < -0.4 is 5.32 Å². The number of nitrogens with one attached hydrogen (secondary N) is 1. The minimum absolute atomic E-state index is 0.0278. The van der Waals surface area contributed by atoms with E-state index in [1.54, 1.807) is 0 Å². The minimum Gasteiger partial charge on any atom is -0.320 e. The Morgan fingerprint density at radius 1 is 1.31 bits per heavy atom. The highest BCUT2D eigenvalue weighted by atomic mass is 127. The molecule has 3 fully saturated rings. The van der Waals surface area contributed by atoms with Gasteiger partial charge in [0.25, 0.3) is 0 Å². The van der Waals surface area contributed by atoms with Crippen LogP contribution in [0.5, 0.6) is 0 Å². The Balaban J connectivity index is 1.30. The zero-order valence-corrected chi connectivity index (χ0v) is 23.1. The average molecular weight is 603 g/mol. The van der Waals surface area contributed by atoms with Crippen LogP contribution in [0.25, 0.3) is 0 Å². The summed E-state index contributed by atoms with van der Waals surface area (Å²) in [5, 5.41) is 13.1. The first-order valence-corrected chi connectivity index (χ1v) is 14.1. The number of nitriles is 1. The maximum Gasteiger partial charge on any atom is 0.322 e. The van der Waals surface area contributed by atoms with Gasteiger partial charge in [0, 0.05) is 40.0 Å². The number of hydrogen-bond acceptors (Lipinski definition) is 3. The van der Waals surface area contributed by atoms with Crippen LogP contribution in [0.15, 0.2) is 42.5 Å². The largest absolute Gasteiger partial charge is 0.322 e. The second-order valence-corrected chi connectivity index (χ2v) is 12.3. The van der Waals surface area contributed by atoms with E-state index < -0.39 is 0 Å². The number of hydrogen-bond donors (Lipinski definition) is 1. The molecule has 1 heterocycles. The number of urea groups is 1. The number of fused-ring (bicyclic) bond motifs is 1. The smallest absolute Gasteiger partial charge is 0.320 e. The number of likely N-dealkylation sites (tertiary alicyclic amines) is 1. The number of carbonyl (C=O) groups excluding carboxylic acids is 1. The van der Waals surface area contributed by atoms with E-state index in [1.165, 1.54) is 12.0 Å². The van der Waals surface area contributed by atoms with Crippen molar-refractivity contribution in [2.45, 2.75) is 50.5 Å². The van der Waals surface area contributed by atoms with Crippen molar-refractivity contribution in [1.29, 1.82) is 5.26 Å². The molecule has 0 bridgehead atoms. The van der Waals surface area contributed by atoms with E-state index in [-0.39, 0.29) is 17.5 Å². The topological polar surface area (TPSA) is 59.4 Å². The number of carbonyl (C=O) groups is 1. The maximum atomic E-state index is 13.6. The predicted molar refractivity (Wildman–Crippen MR) is 149 cm³/mol. The van der Waals surface area contributed by atoms with Crippen LogP contribution in [0, 0.1) is 26.7 Å². The van der Waals surface area contributed by atoms with Crippen LogP contribution >= 0.6 is 34.2 Å². The van der Waals surface area contributed by atoms with Gasteiger partial charge in [0.1, 0.15) is 0 Å². The Morgan fingerprint density at radius 2 is 2.17 bits per heavy atom. The zero-order chi connectivity index (χ0) is 24.6. The van der Waals surface area contributed by atoms with Gasteiger partial charge in [0.05, 0.1) is 11.6 Å². The second-order valence-electron chi connectivity index (χ2n) is 10.7. The fraction of sp³-hybridized carbons (Fsp3) is 0.500. The molecule has 5 rings (SSSR count). The monoisotopic (exact) mass is 602 g/mol. The summed E-state index contributed by atoms with van der Waals surface area (Å²) in [6.07, 6.45) is 5.47. The van der Waals surface area contributed by atoms with E-state index in [9.17, 15) is 10.1 Å². The third-order valence-corrected chi connectivity index (χ3v) is 9.10. The molecule has 1 aliphatic heterocycles. The minimum atomic E-state index is -0.0278. The van der Waals surface area contributed by atoms with Crippen LogP contribution in [-0.2, 0) is 5.41 Å². The molecule has 7 heteroatoms. The van der Waals surface area contributed by atoms with E-state index in [0.29, 0.717) is 10.9 Å². The molecule has 1 saturated heterocycles. The molecule has 3 aliphatic rings.